The quantitative estimate of drug-likeness (QED) is 0.420. The fourth-order valence-corrected chi connectivity index (χ4v) is 1.10. The highest BCUT2D eigenvalue weighted by Crippen LogP contribution is 2.11. The summed E-state index contributed by atoms with van der Waals surface area (Å²) in [7, 11) is 0. The van der Waals surface area contributed by atoms with Gasteiger partial charge in [0.05, 0.1) is 18.4 Å². The third-order valence-corrected chi connectivity index (χ3v) is 1.93. The van der Waals surface area contributed by atoms with Crippen molar-refractivity contribution in [3.63, 3.8) is 0 Å². The second-order valence-electron chi connectivity index (χ2n) is 3.26. The smallest absolute Gasteiger partial charge is 0.321 e. The van der Waals surface area contributed by atoms with Gasteiger partial charge in [-0.25, -0.2) is 0 Å². The Kier molecular flexibility index (Phi) is 4.89. The molecule has 0 aliphatic rings. The lowest BCUT2D eigenvalue weighted by molar-refractivity contribution is -0.146. The summed E-state index contributed by atoms with van der Waals surface area (Å²) >= 11 is 0. The van der Waals surface area contributed by atoms with Crippen molar-refractivity contribution < 1.29 is 24.6 Å². The highest BCUT2D eigenvalue weighted by Gasteiger charge is 2.33. The number of carbonyl (C=O) groups is 3. The van der Waals surface area contributed by atoms with Crippen LogP contribution in [0.1, 0.15) is 13.3 Å². The van der Waals surface area contributed by atoms with Crippen molar-refractivity contribution in [2.75, 3.05) is 0 Å². The number of nitrogens with two attached hydrogens (primary N) is 2. The lowest BCUT2D eigenvalue weighted by Crippen LogP contribution is -2.47. The molecule has 0 saturated carbocycles. The van der Waals surface area contributed by atoms with Crippen LogP contribution in [0.25, 0.3) is 0 Å². The second-order valence-corrected chi connectivity index (χ2v) is 3.26. The van der Waals surface area contributed by atoms with E-state index in [0.717, 1.165) is 0 Å². The van der Waals surface area contributed by atoms with Crippen LogP contribution in [-0.4, -0.2) is 40.0 Å². The molecule has 6 N–H and O–H groups in total. The summed E-state index contributed by atoms with van der Waals surface area (Å²) < 4.78 is 0. The summed E-state index contributed by atoms with van der Waals surface area (Å²) in [4.78, 5) is 32.4. The number of Topliss-reactive ketones (excluding diaryl/α,β-unsaturated/α-hetero) is 1. The SMILES string of the molecule is C[C@@H](N)C(=O)C(CC(=O)O)[C@@H](N)C(=O)O. The Labute approximate surface area is 86.0 Å². The van der Waals surface area contributed by atoms with Crippen LogP contribution < -0.4 is 11.5 Å². The molecule has 7 heteroatoms. The third-order valence-electron chi connectivity index (χ3n) is 1.93. The number of carboxylic acids is 2. The predicted molar refractivity (Wildman–Crippen MR) is 50.0 cm³/mol. The maximum atomic E-state index is 11.4. The molecule has 0 rings (SSSR count). The van der Waals surface area contributed by atoms with E-state index in [1.807, 2.05) is 0 Å². The second kappa shape index (κ2) is 5.42. The van der Waals surface area contributed by atoms with Gasteiger partial charge in [0.15, 0.2) is 5.78 Å². The van der Waals surface area contributed by atoms with Crippen LogP contribution in [0, 0.1) is 5.92 Å². The van der Waals surface area contributed by atoms with Gasteiger partial charge >= 0.3 is 11.9 Å². The average Bonchev–Trinajstić information content (AvgIpc) is 2.11. The zero-order valence-electron chi connectivity index (χ0n) is 8.21. The van der Waals surface area contributed by atoms with Gasteiger partial charge < -0.3 is 21.7 Å². The van der Waals surface area contributed by atoms with Crippen LogP contribution in [0.4, 0.5) is 0 Å². The Balaban J connectivity index is 4.80. The maximum absolute atomic E-state index is 11.4. The Bertz CT molecular complexity index is 276. The maximum Gasteiger partial charge on any atom is 0.321 e. The van der Waals surface area contributed by atoms with E-state index >= 15 is 0 Å². The first-order chi connectivity index (χ1) is 6.77. The van der Waals surface area contributed by atoms with Crippen molar-refractivity contribution >= 4 is 17.7 Å². The van der Waals surface area contributed by atoms with Crippen LogP contribution in [0.2, 0.25) is 0 Å². The molecule has 0 radical (unpaired) electrons. The number of carboxylic acid groups (broad SMARTS) is 2. The van der Waals surface area contributed by atoms with E-state index in [9.17, 15) is 14.4 Å². The molecule has 15 heavy (non-hydrogen) atoms. The largest absolute Gasteiger partial charge is 0.481 e. The molecule has 0 aromatic carbocycles. The minimum atomic E-state index is -1.54. The molecule has 7 nitrogen and oxygen atoms in total. The number of carbonyl (C=O) groups excluding carboxylic acids is 1. The van der Waals surface area contributed by atoms with Crippen molar-refractivity contribution in [3.8, 4) is 0 Å². The van der Waals surface area contributed by atoms with Crippen LogP contribution in [-0.2, 0) is 14.4 Å². The predicted octanol–water partition coefficient (Wildman–Crippen LogP) is -1.59. The number of hydrogen-bond donors (Lipinski definition) is 4. The van der Waals surface area contributed by atoms with Crippen molar-refractivity contribution in [1.29, 1.82) is 0 Å². The van der Waals surface area contributed by atoms with Gasteiger partial charge in [-0.2, -0.15) is 0 Å². The molecule has 0 spiro atoms. The molecule has 0 aromatic heterocycles. The highest BCUT2D eigenvalue weighted by molar-refractivity contribution is 5.93. The minimum Gasteiger partial charge on any atom is -0.481 e. The topological polar surface area (TPSA) is 144 Å². The number of aliphatic carboxylic acids is 2. The van der Waals surface area contributed by atoms with Gasteiger partial charge in [0.1, 0.15) is 6.04 Å². The summed E-state index contributed by atoms with van der Waals surface area (Å²) in [6.45, 7) is 1.35. The summed E-state index contributed by atoms with van der Waals surface area (Å²) in [5.41, 5.74) is 10.5. The first-order valence-electron chi connectivity index (χ1n) is 4.26. The molecule has 0 saturated heterocycles. The van der Waals surface area contributed by atoms with E-state index in [1.54, 1.807) is 0 Å². The lowest BCUT2D eigenvalue weighted by atomic mass is 9.89. The van der Waals surface area contributed by atoms with E-state index in [2.05, 4.69) is 0 Å². The van der Waals surface area contributed by atoms with Crippen molar-refractivity contribution in [2.24, 2.45) is 17.4 Å². The standard InChI is InChI=1S/C8H14N2O5/c1-3(9)7(13)4(2-5(11)12)6(10)8(14)15/h3-4,6H,2,9-10H2,1H3,(H,11,12)(H,14,15)/t3-,4?,6-/m1/s1. The fourth-order valence-electron chi connectivity index (χ4n) is 1.10. The first kappa shape index (κ1) is 13.5. The molecule has 0 aliphatic carbocycles. The molecular weight excluding hydrogens is 204 g/mol. The van der Waals surface area contributed by atoms with Crippen molar-refractivity contribution in [3.05, 3.63) is 0 Å². The molecule has 0 fully saturated rings. The Hall–Kier alpha value is -1.47. The van der Waals surface area contributed by atoms with E-state index < -0.39 is 42.1 Å². The van der Waals surface area contributed by atoms with E-state index in [4.69, 9.17) is 21.7 Å². The minimum absolute atomic E-state index is 0.631. The molecule has 0 heterocycles. The highest BCUT2D eigenvalue weighted by atomic mass is 16.4. The Morgan fingerprint density at radius 3 is 1.93 bits per heavy atom. The molecule has 0 aromatic rings. The van der Waals surface area contributed by atoms with Gasteiger partial charge in [-0.15, -0.1) is 0 Å². The van der Waals surface area contributed by atoms with Crippen molar-refractivity contribution in [2.45, 2.75) is 25.4 Å². The van der Waals surface area contributed by atoms with E-state index in [-0.39, 0.29) is 0 Å². The van der Waals surface area contributed by atoms with Gasteiger partial charge in [0.2, 0.25) is 0 Å². The third kappa shape index (κ3) is 4.05. The monoisotopic (exact) mass is 218 g/mol. The van der Waals surface area contributed by atoms with Crippen LogP contribution in [0.5, 0.6) is 0 Å². The van der Waals surface area contributed by atoms with Gasteiger partial charge in [-0.1, -0.05) is 0 Å². The zero-order chi connectivity index (χ0) is 12.2. The molecule has 0 aliphatic heterocycles. The number of ketones is 1. The fraction of sp³-hybridized carbons (Fsp3) is 0.625. The summed E-state index contributed by atoms with van der Waals surface area (Å²) in [6, 6.07) is -2.47. The van der Waals surface area contributed by atoms with Gasteiger partial charge in [-0.05, 0) is 6.92 Å². The van der Waals surface area contributed by atoms with E-state index in [1.165, 1.54) is 6.92 Å². The van der Waals surface area contributed by atoms with Crippen LogP contribution in [0.15, 0.2) is 0 Å². The molecule has 86 valence electrons. The molecular formula is C8H14N2O5. The average molecular weight is 218 g/mol. The summed E-state index contributed by atoms with van der Waals surface area (Å²) in [6.07, 6.45) is -0.631. The molecule has 0 bridgehead atoms. The van der Waals surface area contributed by atoms with Gasteiger partial charge in [-0.3, -0.25) is 14.4 Å². The summed E-state index contributed by atoms with van der Waals surface area (Å²) in [5.74, 6) is -4.66. The Morgan fingerprint density at radius 1 is 1.20 bits per heavy atom. The Morgan fingerprint density at radius 2 is 1.67 bits per heavy atom. The first-order valence-corrected chi connectivity index (χ1v) is 4.26. The zero-order valence-corrected chi connectivity index (χ0v) is 8.21. The normalized spacial score (nSPS) is 16.5. The molecule has 0 amide bonds. The molecule has 3 atom stereocenters. The van der Waals surface area contributed by atoms with E-state index in [0.29, 0.717) is 0 Å². The van der Waals surface area contributed by atoms with Crippen LogP contribution >= 0.6 is 0 Å². The van der Waals surface area contributed by atoms with Gasteiger partial charge in [0.25, 0.3) is 0 Å². The summed E-state index contributed by atoms with van der Waals surface area (Å²) in [5, 5.41) is 17.1. The molecule has 1 unspecified atom stereocenters. The lowest BCUT2D eigenvalue weighted by Gasteiger charge is -2.19. The number of rotatable bonds is 6. The van der Waals surface area contributed by atoms with Crippen molar-refractivity contribution in [1.82, 2.24) is 0 Å². The van der Waals surface area contributed by atoms with Gasteiger partial charge in [0, 0.05) is 0 Å². The number of hydrogen-bond acceptors (Lipinski definition) is 5. The van der Waals surface area contributed by atoms with Crippen LogP contribution in [0.3, 0.4) is 0 Å².